The van der Waals surface area contributed by atoms with Crippen molar-refractivity contribution in [3.8, 4) is 17.3 Å². The van der Waals surface area contributed by atoms with E-state index < -0.39 is 29.6 Å². The fraction of sp³-hybridized carbons (Fsp3) is 0.273. The van der Waals surface area contributed by atoms with Gasteiger partial charge in [0.1, 0.15) is 11.9 Å². The van der Waals surface area contributed by atoms with Crippen LogP contribution in [0.3, 0.4) is 0 Å². The Balaban J connectivity index is 1.51. The standard InChI is InChI=1S/C22H18F4N4O2/c23-17-6-1-5-16(20-27-9-3-10-28-20)19(17)21(31)30-11-2-4-15(13-30)32-18-8-7-14(12-29-18)22(24,25)26/h1,3,5-10,12,15H,2,4,11,13H2. The number of alkyl halides is 3. The molecular weight excluding hydrogens is 428 g/mol. The molecule has 1 amide bonds. The molecule has 0 bridgehead atoms. The Kier molecular flexibility index (Phi) is 6.02. The molecule has 1 aliphatic heterocycles. The summed E-state index contributed by atoms with van der Waals surface area (Å²) >= 11 is 0. The van der Waals surface area contributed by atoms with Crippen LogP contribution >= 0.6 is 0 Å². The number of hydrogen-bond acceptors (Lipinski definition) is 5. The monoisotopic (exact) mass is 446 g/mol. The molecule has 0 aliphatic carbocycles. The number of pyridine rings is 1. The van der Waals surface area contributed by atoms with Gasteiger partial charge in [0, 0.05) is 36.8 Å². The number of aromatic nitrogens is 3. The number of halogens is 4. The van der Waals surface area contributed by atoms with Crippen molar-refractivity contribution in [2.24, 2.45) is 0 Å². The molecule has 3 heterocycles. The van der Waals surface area contributed by atoms with Crippen molar-refractivity contribution in [3.05, 3.63) is 71.9 Å². The van der Waals surface area contributed by atoms with Gasteiger partial charge in [0.25, 0.3) is 5.91 Å². The summed E-state index contributed by atoms with van der Waals surface area (Å²) in [4.78, 5) is 26.6. The van der Waals surface area contributed by atoms with Gasteiger partial charge in [-0.2, -0.15) is 13.2 Å². The van der Waals surface area contributed by atoms with Gasteiger partial charge in [-0.25, -0.2) is 19.3 Å². The second-order valence-electron chi connectivity index (χ2n) is 7.25. The first-order chi connectivity index (χ1) is 15.3. The van der Waals surface area contributed by atoms with Crippen molar-refractivity contribution in [1.82, 2.24) is 19.9 Å². The molecule has 0 spiro atoms. The Morgan fingerprint density at radius 2 is 1.84 bits per heavy atom. The normalized spacial score (nSPS) is 16.6. The minimum Gasteiger partial charge on any atom is -0.472 e. The molecule has 2 aromatic heterocycles. The van der Waals surface area contributed by atoms with Crippen molar-refractivity contribution in [2.45, 2.75) is 25.1 Å². The summed E-state index contributed by atoms with van der Waals surface area (Å²) in [5.41, 5.74) is -0.726. The number of hydrogen-bond donors (Lipinski definition) is 0. The summed E-state index contributed by atoms with van der Waals surface area (Å²) in [6, 6.07) is 7.91. The van der Waals surface area contributed by atoms with Crippen molar-refractivity contribution in [2.75, 3.05) is 13.1 Å². The number of ether oxygens (including phenoxy) is 1. The van der Waals surface area contributed by atoms with Gasteiger partial charge >= 0.3 is 6.18 Å². The van der Waals surface area contributed by atoms with E-state index in [-0.39, 0.29) is 29.4 Å². The number of likely N-dealkylation sites (tertiary alicyclic amines) is 1. The average molecular weight is 446 g/mol. The fourth-order valence-electron chi connectivity index (χ4n) is 3.53. The molecule has 0 radical (unpaired) electrons. The maximum atomic E-state index is 14.7. The molecule has 1 saturated heterocycles. The molecule has 0 saturated carbocycles. The van der Waals surface area contributed by atoms with Crippen LogP contribution in [0.25, 0.3) is 11.4 Å². The van der Waals surface area contributed by atoms with E-state index in [2.05, 4.69) is 15.0 Å². The minimum absolute atomic E-state index is 0.0292. The van der Waals surface area contributed by atoms with E-state index in [1.807, 2.05) is 0 Å². The van der Waals surface area contributed by atoms with E-state index in [0.29, 0.717) is 25.6 Å². The third kappa shape index (κ3) is 4.68. The van der Waals surface area contributed by atoms with E-state index >= 15 is 0 Å². The van der Waals surface area contributed by atoms with Gasteiger partial charge in [0.15, 0.2) is 5.82 Å². The molecule has 1 fully saturated rings. The van der Waals surface area contributed by atoms with E-state index in [0.717, 1.165) is 12.1 Å². The lowest BCUT2D eigenvalue weighted by Gasteiger charge is -2.33. The largest absolute Gasteiger partial charge is 0.472 e. The molecule has 1 atom stereocenters. The van der Waals surface area contributed by atoms with Crippen molar-refractivity contribution >= 4 is 5.91 Å². The van der Waals surface area contributed by atoms with Crippen LogP contribution in [0.15, 0.2) is 55.0 Å². The van der Waals surface area contributed by atoms with Crippen LogP contribution in [0.4, 0.5) is 17.6 Å². The number of nitrogens with zero attached hydrogens (tertiary/aromatic N) is 4. The highest BCUT2D eigenvalue weighted by Crippen LogP contribution is 2.30. The molecule has 6 nitrogen and oxygen atoms in total. The summed E-state index contributed by atoms with van der Waals surface area (Å²) < 4.78 is 58.5. The van der Waals surface area contributed by atoms with E-state index in [1.165, 1.54) is 29.4 Å². The van der Waals surface area contributed by atoms with Crippen molar-refractivity contribution in [3.63, 3.8) is 0 Å². The van der Waals surface area contributed by atoms with Crippen LogP contribution < -0.4 is 4.74 Å². The van der Waals surface area contributed by atoms with Crippen LogP contribution in [0.2, 0.25) is 0 Å². The molecule has 1 aliphatic rings. The number of carbonyl (C=O) groups is 1. The molecule has 32 heavy (non-hydrogen) atoms. The van der Waals surface area contributed by atoms with Gasteiger partial charge < -0.3 is 9.64 Å². The lowest BCUT2D eigenvalue weighted by Crippen LogP contribution is -2.44. The van der Waals surface area contributed by atoms with Gasteiger partial charge in [-0.05, 0) is 31.0 Å². The maximum Gasteiger partial charge on any atom is 0.417 e. The number of piperidine rings is 1. The lowest BCUT2D eigenvalue weighted by molar-refractivity contribution is -0.137. The van der Waals surface area contributed by atoms with Crippen LogP contribution in [0, 0.1) is 5.82 Å². The highest BCUT2D eigenvalue weighted by molar-refractivity contribution is 6.00. The molecule has 166 valence electrons. The SMILES string of the molecule is O=C(c1c(F)cccc1-c1ncccn1)N1CCCC(Oc2ccc(C(F)(F)F)cn2)C1. The van der Waals surface area contributed by atoms with Crippen LogP contribution in [0.5, 0.6) is 5.88 Å². The van der Waals surface area contributed by atoms with Crippen LogP contribution in [-0.2, 0) is 6.18 Å². The first-order valence-electron chi connectivity index (χ1n) is 9.88. The number of amides is 1. The summed E-state index contributed by atoms with van der Waals surface area (Å²) in [6.07, 6.45) is -0.0973. The summed E-state index contributed by atoms with van der Waals surface area (Å²) in [5.74, 6) is -0.956. The van der Waals surface area contributed by atoms with Crippen LogP contribution in [-0.4, -0.2) is 45.0 Å². The zero-order chi connectivity index (χ0) is 22.7. The van der Waals surface area contributed by atoms with Gasteiger partial charge in [-0.1, -0.05) is 12.1 Å². The van der Waals surface area contributed by atoms with E-state index in [4.69, 9.17) is 4.74 Å². The van der Waals surface area contributed by atoms with Gasteiger partial charge in [-0.15, -0.1) is 0 Å². The highest BCUT2D eigenvalue weighted by Gasteiger charge is 2.32. The molecule has 1 aromatic carbocycles. The number of benzene rings is 1. The predicted molar refractivity (Wildman–Crippen MR) is 106 cm³/mol. The third-order valence-corrected chi connectivity index (χ3v) is 5.05. The van der Waals surface area contributed by atoms with E-state index in [1.54, 1.807) is 12.1 Å². The van der Waals surface area contributed by atoms with E-state index in [9.17, 15) is 22.4 Å². The summed E-state index contributed by atoms with van der Waals surface area (Å²) in [7, 11) is 0. The number of rotatable bonds is 4. The Bertz CT molecular complexity index is 1090. The van der Waals surface area contributed by atoms with Crippen molar-refractivity contribution < 1.29 is 27.1 Å². The molecule has 3 aromatic rings. The molecule has 1 unspecified atom stereocenters. The molecule has 0 N–H and O–H groups in total. The molecule has 10 heteroatoms. The van der Waals surface area contributed by atoms with Crippen LogP contribution in [0.1, 0.15) is 28.8 Å². The van der Waals surface area contributed by atoms with Crippen molar-refractivity contribution in [1.29, 1.82) is 0 Å². The van der Waals surface area contributed by atoms with Gasteiger partial charge in [0.05, 0.1) is 17.7 Å². The second-order valence-corrected chi connectivity index (χ2v) is 7.25. The topological polar surface area (TPSA) is 68.2 Å². The fourth-order valence-corrected chi connectivity index (χ4v) is 3.53. The zero-order valence-corrected chi connectivity index (χ0v) is 16.7. The Morgan fingerprint density at radius 3 is 2.53 bits per heavy atom. The zero-order valence-electron chi connectivity index (χ0n) is 16.7. The van der Waals surface area contributed by atoms with Gasteiger partial charge in [0.2, 0.25) is 5.88 Å². The highest BCUT2D eigenvalue weighted by atomic mass is 19.4. The first-order valence-corrected chi connectivity index (χ1v) is 9.88. The quantitative estimate of drug-likeness (QED) is 0.557. The maximum absolute atomic E-state index is 14.7. The smallest absolute Gasteiger partial charge is 0.417 e. The van der Waals surface area contributed by atoms with Gasteiger partial charge in [-0.3, -0.25) is 4.79 Å². The predicted octanol–water partition coefficient (Wildman–Crippen LogP) is 4.38. The Hall–Kier alpha value is -3.56. The summed E-state index contributed by atoms with van der Waals surface area (Å²) in [5, 5.41) is 0. The Morgan fingerprint density at radius 1 is 1.06 bits per heavy atom. The lowest BCUT2D eigenvalue weighted by atomic mass is 10.0. The average Bonchev–Trinajstić information content (AvgIpc) is 2.79. The third-order valence-electron chi connectivity index (χ3n) is 5.05. The molecule has 4 rings (SSSR count). The Labute approximate surface area is 180 Å². The second kappa shape index (κ2) is 8.89. The number of carbonyl (C=O) groups excluding carboxylic acids is 1. The minimum atomic E-state index is -4.49. The first kappa shape index (κ1) is 21.7. The summed E-state index contributed by atoms with van der Waals surface area (Å²) in [6.45, 7) is 0.535. The molecular formula is C22H18F4N4O2.